The minimum atomic E-state index is 0.722. The zero-order valence-electron chi connectivity index (χ0n) is 17.1. The molecule has 0 atom stereocenters. The van der Waals surface area contributed by atoms with E-state index in [-0.39, 0.29) is 0 Å². The average Bonchev–Trinajstić information content (AvgIpc) is 2.80. The van der Waals surface area contributed by atoms with Crippen molar-refractivity contribution in [2.45, 2.75) is 19.8 Å². The summed E-state index contributed by atoms with van der Waals surface area (Å²) in [6.07, 6.45) is 2.27. The number of anilines is 3. The molecule has 150 valence electrons. The smallest absolute Gasteiger partial charge is 0.225 e. The van der Waals surface area contributed by atoms with Crippen LogP contribution in [0.4, 0.5) is 17.5 Å². The quantitative estimate of drug-likeness (QED) is 0.596. The second-order valence-corrected chi connectivity index (χ2v) is 7.39. The van der Waals surface area contributed by atoms with E-state index in [1.54, 1.807) is 0 Å². The molecule has 5 heteroatoms. The fraction of sp³-hybridized carbons (Fsp3) is 0.333. The van der Waals surface area contributed by atoms with E-state index in [4.69, 9.17) is 9.97 Å². The van der Waals surface area contributed by atoms with Crippen molar-refractivity contribution in [2.24, 2.45) is 0 Å². The number of para-hydroxylation sites is 1. The van der Waals surface area contributed by atoms with Gasteiger partial charge in [-0.1, -0.05) is 61.9 Å². The molecule has 0 radical (unpaired) electrons. The second-order valence-electron chi connectivity index (χ2n) is 7.39. The lowest BCUT2D eigenvalue weighted by Crippen LogP contribution is -2.46. The summed E-state index contributed by atoms with van der Waals surface area (Å²) in [4.78, 5) is 14.4. The Kier molecular flexibility index (Phi) is 6.25. The lowest BCUT2D eigenvalue weighted by Gasteiger charge is -2.37. The van der Waals surface area contributed by atoms with E-state index in [1.807, 2.05) is 6.07 Å². The van der Waals surface area contributed by atoms with Crippen molar-refractivity contribution in [1.82, 2.24) is 9.97 Å². The summed E-state index contributed by atoms with van der Waals surface area (Å²) in [7, 11) is 0. The first-order valence-corrected chi connectivity index (χ1v) is 10.6. The lowest BCUT2D eigenvalue weighted by atomic mass is 10.1. The van der Waals surface area contributed by atoms with Gasteiger partial charge in [0, 0.05) is 50.0 Å². The van der Waals surface area contributed by atoms with Crippen LogP contribution in [0.2, 0.25) is 0 Å². The van der Waals surface area contributed by atoms with Gasteiger partial charge in [-0.25, -0.2) is 4.98 Å². The Labute approximate surface area is 173 Å². The van der Waals surface area contributed by atoms with Gasteiger partial charge in [0.1, 0.15) is 5.82 Å². The fourth-order valence-corrected chi connectivity index (χ4v) is 3.64. The number of rotatable bonds is 7. The Bertz CT molecular complexity index is 890. The molecule has 0 bridgehead atoms. The molecule has 1 fully saturated rings. The van der Waals surface area contributed by atoms with Crippen molar-refractivity contribution >= 4 is 17.5 Å². The first-order valence-electron chi connectivity index (χ1n) is 10.6. The third-order valence-corrected chi connectivity index (χ3v) is 5.32. The molecule has 2 heterocycles. The van der Waals surface area contributed by atoms with Crippen molar-refractivity contribution in [2.75, 3.05) is 47.8 Å². The largest absolute Gasteiger partial charge is 0.368 e. The van der Waals surface area contributed by atoms with Crippen molar-refractivity contribution in [3.63, 3.8) is 0 Å². The summed E-state index contributed by atoms with van der Waals surface area (Å²) in [6.45, 7) is 6.99. The highest BCUT2D eigenvalue weighted by Gasteiger charge is 2.20. The Morgan fingerprint density at radius 1 is 0.828 bits per heavy atom. The Morgan fingerprint density at radius 3 is 2.17 bits per heavy atom. The van der Waals surface area contributed by atoms with Crippen LogP contribution in [0.1, 0.15) is 19.8 Å². The molecule has 4 rings (SSSR count). The number of unbranched alkanes of at least 4 members (excludes halogenated alkanes) is 1. The van der Waals surface area contributed by atoms with E-state index in [1.165, 1.54) is 5.69 Å². The highest BCUT2D eigenvalue weighted by molar-refractivity contribution is 5.65. The number of nitrogens with one attached hydrogen (secondary N) is 1. The maximum atomic E-state index is 4.84. The third-order valence-electron chi connectivity index (χ3n) is 5.32. The fourth-order valence-electron chi connectivity index (χ4n) is 3.64. The summed E-state index contributed by atoms with van der Waals surface area (Å²) < 4.78 is 0. The number of benzene rings is 2. The van der Waals surface area contributed by atoms with Crippen LogP contribution >= 0.6 is 0 Å². The van der Waals surface area contributed by atoms with Gasteiger partial charge in [0.25, 0.3) is 0 Å². The summed E-state index contributed by atoms with van der Waals surface area (Å²) >= 11 is 0. The average molecular weight is 388 g/mol. The first-order chi connectivity index (χ1) is 14.3. The predicted octanol–water partition coefficient (Wildman–Crippen LogP) is 4.68. The van der Waals surface area contributed by atoms with Crippen LogP contribution < -0.4 is 15.1 Å². The third kappa shape index (κ3) is 4.86. The Balaban J connectivity index is 1.53. The zero-order chi connectivity index (χ0) is 19.9. The highest BCUT2D eigenvalue weighted by Crippen LogP contribution is 2.25. The summed E-state index contributed by atoms with van der Waals surface area (Å²) in [5.74, 6) is 1.73. The number of nitrogens with zero attached hydrogens (tertiary/aromatic N) is 4. The lowest BCUT2D eigenvalue weighted by molar-refractivity contribution is 0.647. The molecule has 3 aromatic rings. The Morgan fingerprint density at radius 2 is 1.48 bits per heavy atom. The minimum absolute atomic E-state index is 0.722. The van der Waals surface area contributed by atoms with Crippen LogP contribution in [-0.2, 0) is 0 Å². The molecular formula is C24H29N5. The van der Waals surface area contributed by atoms with Crippen LogP contribution in [0.25, 0.3) is 11.3 Å². The van der Waals surface area contributed by atoms with E-state index in [0.29, 0.717) is 0 Å². The van der Waals surface area contributed by atoms with Crippen LogP contribution in [0.3, 0.4) is 0 Å². The van der Waals surface area contributed by atoms with Crippen molar-refractivity contribution < 1.29 is 0 Å². The molecule has 0 saturated carbocycles. The highest BCUT2D eigenvalue weighted by atomic mass is 15.3. The topological polar surface area (TPSA) is 44.3 Å². The molecule has 0 aliphatic carbocycles. The maximum Gasteiger partial charge on any atom is 0.225 e. The van der Waals surface area contributed by atoms with Gasteiger partial charge in [-0.3, -0.25) is 0 Å². The number of piperazine rings is 1. The Hall–Kier alpha value is -3.08. The van der Waals surface area contributed by atoms with Gasteiger partial charge in [0.05, 0.1) is 5.69 Å². The summed E-state index contributed by atoms with van der Waals surface area (Å²) in [5.41, 5.74) is 3.39. The molecule has 0 spiro atoms. The molecule has 0 amide bonds. The molecule has 1 aliphatic heterocycles. The molecule has 1 aliphatic rings. The number of hydrogen-bond donors (Lipinski definition) is 1. The van der Waals surface area contributed by atoms with E-state index < -0.39 is 0 Å². The molecular weight excluding hydrogens is 358 g/mol. The molecule has 1 saturated heterocycles. The van der Waals surface area contributed by atoms with Gasteiger partial charge >= 0.3 is 0 Å². The second kappa shape index (κ2) is 9.41. The molecule has 1 N–H and O–H groups in total. The maximum absolute atomic E-state index is 4.84. The van der Waals surface area contributed by atoms with E-state index >= 15 is 0 Å². The molecule has 1 aromatic heterocycles. The van der Waals surface area contributed by atoms with Crippen molar-refractivity contribution in [1.29, 1.82) is 0 Å². The molecule has 5 nitrogen and oxygen atoms in total. The number of hydrogen-bond acceptors (Lipinski definition) is 5. The summed E-state index contributed by atoms with van der Waals surface area (Å²) in [5, 5.41) is 3.41. The van der Waals surface area contributed by atoms with E-state index in [2.05, 4.69) is 82.7 Å². The zero-order valence-corrected chi connectivity index (χ0v) is 17.1. The number of aromatic nitrogens is 2. The van der Waals surface area contributed by atoms with Crippen LogP contribution in [0.15, 0.2) is 66.7 Å². The first kappa shape index (κ1) is 19.2. The van der Waals surface area contributed by atoms with Crippen molar-refractivity contribution in [3.05, 3.63) is 66.7 Å². The van der Waals surface area contributed by atoms with Gasteiger partial charge < -0.3 is 15.1 Å². The van der Waals surface area contributed by atoms with Crippen LogP contribution in [-0.4, -0.2) is 42.7 Å². The normalized spacial score (nSPS) is 14.1. The van der Waals surface area contributed by atoms with Crippen LogP contribution in [0.5, 0.6) is 0 Å². The summed E-state index contributed by atoms with van der Waals surface area (Å²) in [6, 6.07) is 23.1. The van der Waals surface area contributed by atoms with Crippen LogP contribution in [0, 0.1) is 0 Å². The van der Waals surface area contributed by atoms with Gasteiger partial charge in [-0.05, 0) is 18.6 Å². The van der Waals surface area contributed by atoms with Gasteiger partial charge in [0.15, 0.2) is 0 Å². The van der Waals surface area contributed by atoms with E-state index in [0.717, 1.165) is 68.6 Å². The SMILES string of the molecule is CCCCNc1nc(-c2ccccc2)cc(N2CCN(c3ccccc3)CC2)n1. The standard InChI is InChI=1S/C24H29N5/c1-2-3-14-25-24-26-22(20-10-6-4-7-11-20)19-23(27-24)29-17-15-28(16-18-29)21-12-8-5-9-13-21/h4-13,19H,2-3,14-18H2,1H3,(H,25,26,27). The van der Waals surface area contributed by atoms with Crippen molar-refractivity contribution in [3.8, 4) is 11.3 Å². The molecule has 2 aromatic carbocycles. The van der Waals surface area contributed by atoms with Gasteiger partial charge in [-0.2, -0.15) is 4.98 Å². The molecule has 0 unspecified atom stereocenters. The minimum Gasteiger partial charge on any atom is -0.368 e. The molecule has 29 heavy (non-hydrogen) atoms. The monoisotopic (exact) mass is 387 g/mol. The predicted molar refractivity (Wildman–Crippen MR) is 122 cm³/mol. The van der Waals surface area contributed by atoms with E-state index in [9.17, 15) is 0 Å². The van der Waals surface area contributed by atoms with Gasteiger partial charge in [-0.15, -0.1) is 0 Å². The van der Waals surface area contributed by atoms with Gasteiger partial charge in [0.2, 0.25) is 5.95 Å².